The van der Waals surface area contributed by atoms with Crippen molar-refractivity contribution in [3.63, 3.8) is 0 Å². The Kier molecular flexibility index (Phi) is 10.5. The number of amides is 4. The molecule has 0 saturated carbocycles. The Labute approximate surface area is 196 Å². The number of hydrogen-bond acceptors (Lipinski definition) is 4. The van der Waals surface area contributed by atoms with Crippen LogP contribution in [0.1, 0.15) is 36.8 Å². The molecule has 170 valence electrons. The Balaban J connectivity index is 1.52. The second kappa shape index (κ2) is 13.3. The minimum atomic E-state index is -0.355. The van der Waals surface area contributed by atoms with Crippen molar-refractivity contribution in [2.24, 2.45) is 0 Å². The lowest BCUT2D eigenvalue weighted by Crippen LogP contribution is -2.42. The van der Waals surface area contributed by atoms with Gasteiger partial charge in [-0.15, -0.1) is 0 Å². The molecule has 0 aliphatic heterocycles. The van der Waals surface area contributed by atoms with Crippen LogP contribution in [0.5, 0.6) is 0 Å². The van der Waals surface area contributed by atoms with Crippen LogP contribution in [0.2, 0.25) is 10.0 Å². The SMILES string of the molecule is O=C(CCCCC(=O)NNC(=O)Cc1ccc(Cl)cc1)NNC(=O)Cc1ccc(Cl)cc1. The zero-order valence-corrected chi connectivity index (χ0v) is 18.8. The van der Waals surface area contributed by atoms with Crippen LogP contribution in [0.15, 0.2) is 48.5 Å². The molecule has 0 aliphatic carbocycles. The number of rotatable bonds is 9. The fourth-order valence-electron chi connectivity index (χ4n) is 2.64. The number of carbonyl (C=O) groups is 4. The van der Waals surface area contributed by atoms with E-state index in [0.717, 1.165) is 11.1 Å². The molecule has 0 atom stereocenters. The van der Waals surface area contributed by atoms with Gasteiger partial charge in [0.25, 0.3) is 0 Å². The molecular weight excluding hydrogens is 455 g/mol. The lowest BCUT2D eigenvalue weighted by molar-refractivity contribution is -0.129. The highest BCUT2D eigenvalue weighted by atomic mass is 35.5. The molecule has 0 radical (unpaired) electrons. The molecule has 2 aromatic carbocycles. The van der Waals surface area contributed by atoms with Gasteiger partial charge in [-0.3, -0.25) is 40.9 Å². The molecule has 4 amide bonds. The fourth-order valence-corrected chi connectivity index (χ4v) is 2.89. The van der Waals surface area contributed by atoms with Gasteiger partial charge in [0, 0.05) is 22.9 Å². The molecule has 0 aliphatic rings. The number of carbonyl (C=O) groups excluding carboxylic acids is 4. The summed E-state index contributed by atoms with van der Waals surface area (Å²) < 4.78 is 0. The maximum atomic E-state index is 11.8. The summed E-state index contributed by atoms with van der Waals surface area (Å²) in [5.41, 5.74) is 10.9. The van der Waals surface area contributed by atoms with Crippen LogP contribution in [0.3, 0.4) is 0 Å². The van der Waals surface area contributed by atoms with Gasteiger partial charge in [0.15, 0.2) is 0 Å². The van der Waals surface area contributed by atoms with Crippen molar-refractivity contribution in [1.82, 2.24) is 21.7 Å². The molecule has 4 N–H and O–H groups in total. The van der Waals surface area contributed by atoms with Gasteiger partial charge < -0.3 is 0 Å². The summed E-state index contributed by atoms with van der Waals surface area (Å²) in [6.07, 6.45) is 1.42. The second-order valence-electron chi connectivity index (χ2n) is 7.01. The lowest BCUT2D eigenvalue weighted by Gasteiger charge is -2.08. The van der Waals surface area contributed by atoms with Gasteiger partial charge in [0.1, 0.15) is 0 Å². The average molecular weight is 479 g/mol. The summed E-state index contributed by atoms with van der Waals surface area (Å²) in [5.74, 6) is -1.42. The van der Waals surface area contributed by atoms with Crippen LogP contribution in [0.4, 0.5) is 0 Å². The number of benzene rings is 2. The average Bonchev–Trinajstić information content (AvgIpc) is 2.77. The molecule has 0 saturated heterocycles. The minimum absolute atomic E-state index is 0.112. The molecular formula is C22H24Cl2N4O4. The van der Waals surface area contributed by atoms with E-state index in [1.54, 1.807) is 48.5 Å². The molecule has 0 unspecified atom stereocenters. The van der Waals surface area contributed by atoms with E-state index < -0.39 is 0 Å². The molecule has 0 spiro atoms. The molecule has 0 heterocycles. The van der Waals surface area contributed by atoms with E-state index in [2.05, 4.69) is 21.7 Å². The Morgan fingerprint density at radius 2 is 0.844 bits per heavy atom. The summed E-state index contributed by atoms with van der Waals surface area (Å²) >= 11 is 11.6. The van der Waals surface area contributed by atoms with E-state index in [1.807, 2.05) is 0 Å². The lowest BCUT2D eigenvalue weighted by atomic mass is 10.1. The van der Waals surface area contributed by atoms with Gasteiger partial charge in [-0.1, -0.05) is 47.5 Å². The highest BCUT2D eigenvalue weighted by Crippen LogP contribution is 2.10. The van der Waals surface area contributed by atoms with E-state index in [-0.39, 0.29) is 49.3 Å². The summed E-state index contributed by atoms with van der Waals surface area (Å²) in [4.78, 5) is 47.2. The van der Waals surface area contributed by atoms with E-state index >= 15 is 0 Å². The topological polar surface area (TPSA) is 116 Å². The predicted octanol–water partition coefficient (Wildman–Crippen LogP) is 2.63. The molecule has 8 nitrogen and oxygen atoms in total. The molecule has 0 bridgehead atoms. The van der Waals surface area contributed by atoms with Crippen molar-refractivity contribution in [3.8, 4) is 0 Å². The number of hydrazine groups is 2. The third kappa shape index (κ3) is 10.3. The second-order valence-corrected chi connectivity index (χ2v) is 7.88. The van der Waals surface area contributed by atoms with Crippen LogP contribution < -0.4 is 21.7 Å². The van der Waals surface area contributed by atoms with Crippen molar-refractivity contribution >= 4 is 46.8 Å². The Morgan fingerprint density at radius 3 is 1.19 bits per heavy atom. The normalized spacial score (nSPS) is 10.2. The van der Waals surface area contributed by atoms with Gasteiger partial charge >= 0.3 is 0 Å². The van der Waals surface area contributed by atoms with E-state index in [4.69, 9.17) is 23.2 Å². The zero-order chi connectivity index (χ0) is 23.3. The minimum Gasteiger partial charge on any atom is -0.273 e. The fraction of sp³-hybridized carbons (Fsp3) is 0.273. The van der Waals surface area contributed by atoms with Crippen LogP contribution >= 0.6 is 23.2 Å². The van der Waals surface area contributed by atoms with Crippen LogP contribution in [-0.4, -0.2) is 23.6 Å². The van der Waals surface area contributed by atoms with Crippen molar-refractivity contribution in [2.45, 2.75) is 38.5 Å². The summed E-state index contributed by atoms with van der Waals surface area (Å²) in [6.45, 7) is 0. The standard InChI is InChI=1S/C22H24Cl2N4O4/c23-17-9-5-15(6-10-17)13-21(31)27-25-19(29)3-1-2-4-20(30)26-28-22(32)14-16-7-11-18(24)12-8-16/h5-12H,1-4,13-14H2,(H,25,29)(H,26,30)(H,27,31)(H,28,32). The molecule has 0 aromatic heterocycles. The van der Waals surface area contributed by atoms with Crippen molar-refractivity contribution in [2.75, 3.05) is 0 Å². The van der Waals surface area contributed by atoms with Crippen LogP contribution in [0, 0.1) is 0 Å². The van der Waals surface area contributed by atoms with Crippen molar-refractivity contribution in [3.05, 3.63) is 69.7 Å². The first-order chi connectivity index (χ1) is 15.3. The molecule has 2 rings (SSSR count). The monoisotopic (exact) mass is 478 g/mol. The molecule has 0 fully saturated rings. The third-order valence-electron chi connectivity index (χ3n) is 4.30. The van der Waals surface area contributed by atoms with E-state index in [1.165, 1.54) is 0 Å². The van der Waals surface area contributed by atoms with Gasteiger partial charge in [-0.05, 0) is 48.2 Å². The molecule has 32 heavy (non-hydrogen) atoms. The summed E-state index contributed by atoms with van der Waals surface area (Å²) in [7, 11) is 0. The Morgan fingerprint density at radius 1 is 0.531 bits per heavy atom. The van der Waals surface area contributed by atoms with Crippen molar-refractivity contribution in [1.29, 1.82) is 0 Å². The number of halogens is 2. The summed E-state index contributed by atoms with van der Waals surface area (Å²) in [6, 6.07) is 13.7. The van der Waals surface area contributed by atoms with Crippen LogP contribution in [0.25, 0.3) is 0 Å². The van der Waals surface area contributed by atoms with Crippen molar-refractivity contribution < 1.29 is 19.2 Å². The highest BCUT2D eigenvalue weighted by molar-refractivity contribution is 6.30. The first-order valence-corrected chi connectivity index (χ1v) is 10.7. The van der Waals surface area contributed by atoms with Crippen LogP contribution in [-0.2, 0) is 32.0 Å². The third-order valence-corrected chi connectivity index (χ3v) is 4.80. The number of nitrogens with one attached hydrogen (secondary N) is 4. The zero-order valence-electron chi connectivity index (χ0n) is 17.3. The Hall–Kier alpha value is -3.10. The quantitative estimate of drug-likeness (QED) is 0.327. The van der Waals surface area contributed by atoms with Gasteiger partial charge in [0.05, 0.1) is 12.8 Å². The van der Waals surface area contributed by atoms with E-state index in [9.17, 15) is 19.2 Å². The van der Waals surface area contributed by atoms with Gasteiger partial charge in [0.2, 0.25) is 23.6 Å². The summed E-state index contributed by atoms with van der Waals surface area (Å²) in [5, 5.41) is 1.16. The first kappa shape index (κ1) is 25.2. The maximum Gasteiger partial charge on any atom is 0.242 e. The Bertz CT molecular complexity index is 856. The molecule has 10 heteroatoms. The highest BCUT2D eigenvalue weighted by Gasteiger charge is 2.08. The maximum absolute atomic E-state index is 11.8. The van der Waals surface area contributed by atoms with Gasteiger partial charge in [-0.2, -0.15) is 0 Å². The predicted molar refractivity (Wildman–Crippen MR) is 121 cm³/mol. The number of unbranched alkanes of at least 4 members (excludes halogenated alkanes) is 1. The largest absolute Gasteiger partial charge is 0.273 e. The van der Waals surface area contributed by atoms with Gasteiger partial charge in [-0.25, -0.2) is 0 Å². The smallest absolute Gasteiger partial charge is 0.242 e. The number of hydrogen-bond donors (Lipinski definition) is 4. The molecule has 2 aromatic rings. The first-order valence-electron chi connectivity index (χ1n) is 9.96. The van der Waals surface area contributed by atoms with E-state index in [0.29, 0.717) is 22.9 Å².